The zero-order valence-corrected chi connectivity index (χ0v) is 18.0. The van der Waals surface area contributed by atoms with Gasteiger partial charge in [-0.3, -0.25) is 9.59 Å². The Morgan fingerprint density at radius 1 is 0.586 bits per heavy atom. The second-order valence-electron chi connectivity index (χ2n) is 6.69. The molecule has 0 saturated carbocycles. The Morgan fingerprint density at radius 2 is 1.03 bits per heavy atom. The van der Waals surface area contributed by atoms with E-state index in [-0.39, 0.29) is 25.6 Å². The minimum absolute atomic E-state index is 0.00149. The minimum atomic E-state index is -0.872. The smallest absolute Gasteiger partial charge is 0.305 e. The Labute approximate surface area is 175 Å². The van der Waals surface area contributed by atoms with Gasteiger partial charge in [-0.15, -0.1) is 0 Å². The first-order valence-electron chi connectivity index (χ1n) is 10.8. The summed E-state index contributed by atoms with van der Waals surface area (Å²) in [6, 6.07) is 0. The molecule has 29 heavy (non-hydrogen) atoms. The predicted octanol–water partition coefficient (Wildman–Crippen LogP) is 3.21. The van der Waals surface area contributed by atoms with Gasteiger partial charge < -0.3 is 28.8 Å². The minimum Gasteiger partial charge on any atom is -0.481 e. The number of aliphatic carboxylic acids is 1. The van der Waals surface area contributed by atoms with Gasteiger partial charge in [-0.05, 0) is 6.42 Å². The molecule has 0 spiro atoms. The van der Waals surface area contributed by atoms with E-state index in [2.05, 4.69) is 6.92 Å². The fraction of sp³-hybridized carbons (Fsp3) is 0.905. The van der Waals surface area contributed by atoms with Gasteiger partial charge in [0.25, 0.3) is 0 Å². The van der Waals surface area contributed by atoms with Crippen LogP contribution < -0.4 is 0 Å². The summed E-state index contributed by atoms with van der Waals surface area (Å²) >= 11 is 0. The SMILES string of the molecule is CCCCCCCCCC(=O)OCCOCCOCCOCCOCCC(=O)O. The Hall–Kier alpha value is -1.22. The molecule has 0 atom stereocenters. The van der Waals surface area contributed by atoms with Gasteiger partial charge in [0, 0.05) is 6.42 Å². The molecule has 0 aromatic carbocycles. The van der Waals surface area contributed by atoms with Gasteiger partial charge in [-0.1, -0.05) is 45.4 Å². The summed E-state index contributed by atoms with van der Waals surface area (Å²) in [5.74, 6) is -1.02. The molecule has 8 heteroatoms. The van der Waals surface area contributed by atoms with Crippen molar-refractivity contribution in [1.29, 1.82) is 0 Å². The molecule has 0 unspecified atom stereocenters. The van der Waals surface area contributed by atoms with Gasteiger partial charge in [0.05, 0.1) is 59.3 Å². The summed E-state index contributed by atoms with van der Waals surface area (Å²) in [7, 11) is 0. The maximum Gasteiger partial charge on any atom is 0.305 e. The van der Waals surface area contributed by atoms with Gasteiger partial charge in [0.2, 0.25) is 0 Å². The summed E-state index contributed by atoms with van der Waals surface area (Å²) in [6.07, 6.45) is 8.78. The number of rotatable bonds is 23. The molecule has 0 aliphatic rings. The van der Waals surface area contributed by atoms with Crippen LogP contribution in [0.15, 0.2) is 0 Å². The van der Waals surface area contributed by atoms with E-state index >= 15 is 0 Å². The summed E-state index contributed by atoms with van der Waals surface area (Å²) in [5, 5.41) is 8.44. The number of ether oxygens (including phenoxy) is 5. The molecule has 0 aromatic rings. The average molecular weight is 421 g/mol. The first-order chi connectivity index (χ1) is 14.2. The number of carbonyl (C=O) groups is 2. The fourth-order valence-corrected chi connectivity index (χ4v) is 2.43. The van der Waals surface area contributed by atoms with Crippen LogP contribution in [0.2, 0.25) is 0 Å². The number of unbranched alkanes of at least 4 members (excludes halogenated alkanes) is 6. The van der Waals surface area contributed by atoms with E-state index in [1.54, 1.807) is 0 Å². The van der Waals surface area contributed by atoms with Gasteiger partial charge in [-0.2, -0.15) is 0 Å². The molecule has 0 saturated heterocycles. The van der Waals surface area contributed by atoms with Gasteiger partial charge in [0.15, 0.2) is 0 Å². The molecule has 8 nitrogen and oxygen atoms in total. The first-order valence-corrected chi connectivity index (χ1v) is 10.8. The first kappa shape index (κ1) is 27.8. The van der Waals surface area contributed by atoms with Crippen LogP contribution in [0.5, 0.6) is 0 Å². The molecule has 0 heterocycles. The topological polar surface area (TPSA) is 101 Å². The monoisotopic (exact) mass is 420 g/mol. The van der Waals surface area contributed by atoms with E-state index in [0.29, 0.717) is 52.7 Å². The van der Waals surface area contributed by atoms with Crippen LogP contribution in [0.3, 0.4) is 0 Å². The second-order valence-corrected chi connectivity index (χ2v) is 6.69. The highest BCUT2D eigenvalue weighted by molar-refractivity contribution is 5.69. The number of carboxylic acid groups (broad SMARTS) is 1. The van der Waals surface area contributed by atoms with Crippen molar-refractivity contribution in [2.24, 2.45) is 0 Å². The Kier molecular flexibility index (Phi) is 22.1. The molecular weight excluding hydrogens is 380 g/mol. The van der Waals surface area contributed by atoms with Gasteiger partial charge in [0.1, 0.15) is 6.61 Å². The van der Waals surface area contributed by atoms with Crippen molar-refractivity contribution in [3.05, 3.63) is 0 Å². The summed E-state index contributed by atoms with van der Waals surface area (Å²) in [5.41, 5.74) is 0. The van der Waals surface area contributed by atoms with Crippen LogP contribution in [-0.4, -0.2) is 76.5 Å². The molecule has 0 bridgehead atoms. The van der Waals surface area contributed by atoms with E-state index in [9.17, 15) is 9.59 Å². The van der Waals surface area contributed by atoms with E-state index in [0.717, 1.165) is 12.8 Å². The molecule has 1 N–H and O–H groups in total. The van der Waals surface area contributed by atoms with Crippen LogP contribution >= 0.6 is 0 Å². The lowest BCUT2D eigenvalue weighted by Gasteiger charge is -2.08. The van der Waals surface area contributed by atoms with Crippen LogP contribution in [0, 0.1) is 0 Å². The maximum atomic E-state index is 11.6. The fourth-order valence-electron chi connectivity index (χ4n) is 2.43. The van der Waals surface area contributed by atoms with Gasteiger partial charge >= 0.3 is 11.9 Å². The van der Waals surface area contributed by atoms with Gasteiger partial charge in [-0.25, -0.2) is 0 Å². The van der Waals surface area contributed by atoms with Crippen molar-refractivity contribution in [1.82, 2.24) is 0 Å². The second kappa shape index (κ2) is 23.1. The number of carbonyl (C=O) groups excluding carboxylic acids is 1. The lowest BCUT2D eigenvalue weighted by atomic mass is 10.1. The van der Waals surface area contributed by atoms with Crippen molar-refractivity contribution in [2.45, 2.75) is 64.7 Å². The third kappa shape index (κ3) is 24.7. The lowest BCUT2D eigenvalue weighted by molar-refractivity contribution is -0.145. The molecule has 0 aliphatic heterocycles. The third-order valence-electron chi connectivity index (χ3n) is 4.05. The zero-order valence-electron chi connectivity index (χ0n) is 18.0. The molecule has 0 aliphatic carbocycles. The standard InChI is InChI=1S/C21H40O8/c1-2-3-4-5-6-7-8-9-21(24)29-19-18-28-17-16-27-15-14-26-13-12-25-11-10-20(22)23/h2-19H2,1H3,(H,22,23). The van der Waals surface area contributed by atoms with E-state index < -0.39 is 5.97 Å². The maximum absolute atomic E-state index is 11.6. The number of carboxylic acids is 1. The number of hydrogen-bond donors (Lipinski definition) is 1. The quantitative estimate of drug-likeness (QED) is 0.199. The molecule has 0 fully saturated rings. The van der Waals surface area contributed by atoms with Crippen molar-refractivity contribution in [3.63, 3.8) is 0 Å². The molecule has 172 valence electrons. The molecule has 0 amide bonds. The third-order valence-corrected chi connectivity index (χ3v) is 4.05. The summed E-state index contributed by atoms with van der Waals surface area (Å²) in [4.78, 5) is 21.8. The average Bonchev–Trinajstić information content (AvgIpc) is 2.70. The van der Waals surface area contributed by atoms with Crippen LogP contribution in [0.4, 0.5) is 0 Å². The number of esters is 1. The Balaban J connectivity index is 3.14. The summed E-state index contributed by atoms with van der Waals surface area (Å²) < 4.78 is 26.2. The normalized spacial score (nSPS) is 10.9. The highest BCUT2D eigenvalue weighted by atomic mass is 16.6. The van der Waals surface area contributed by atoms with Crippen LogP contribution in [-0.2, 0) is 33.3 Å². The van der Waals surface area contributed by atoms with E-state index in [1.807, 2.05) is 0 Å². The van der Waals surface area contributed by atoms with Crippen LogP contribution in [0.25, 0.3) is 0 Å². The van der Waals surface area contributed by atoms with Crippen molar-refractivity contribution < 1.29 is 38.4 Å². The summed E-state index contributed by atoms with van der Waals surface area (Å²) in [6.45, 7) is 5.61. The molecule has 0 rings (SSSR count). The van der Waals surface area contributed by atoms with E-state index in [1.165, 1.54) is 32.1 Å². The predicted molar refractivity (Wildman–Crippen MR) is 109 cm³/mol. The Morgan fingerprint density at radius 3 is 1.55 bits per heavy atom. The Bertz CT molecular complexity index is 376. The van der Waals surface area contributed by atoms with E-state index in [4.69, 9.17) is 28.8 Å². The van der Waals surface area contributed by atoms with Crippen molar-refractivity contribution in [3.8, 4) is 0 Å². The molecular formula is C21H40O8. The van der Waals surface area contributed by atoms with Crippen molar-refractivity contribution in [2.75, 3.05) is 59.5 Å². The largest absolute Gasteiger partial charge is 0.481 e. The van der Waals surface area contributed by atoms with Crippen LogP contribution in [0.1, 0.15) is 64.7 Å². The lowest BCUT2D eigenvalue weighted by Crippen LogP contribution is -2.14. The highest BCUT2D eigenvalue weighted by Gasteiger charge is 2.02. The van der Waals surface area contributed by atoms with Crippen molar-refractivity contribution >= 4 is 11.9 Å². The molecule has 0 radical (unpaired) electrons. The highest BCUT2D eigenvalue weighted by Crippen LogP contribution is 2.08. The molecule has 0 aromatic heterocycles. The zero-order chi connectivity index (χ0) is 21.4. The number of hydrogen-bond acceptors (Lipinski definition) is 7.